The summed E-state index contributed by atoms with van der Waals surface area (Å²) < 4.78 is 5.64. The molecule has 0 radical (unpaired) electrons. The lowest BCUT2D eigenvalue weighted by Gasteiger charge is -2.25. The number of carbonyl (C=O) groups excluding carboxylic acids is 1. The van der Waals surface area contributed by atoms with Crippen LogP contribution in [0.4, 0.5) is 0 Å². The van der Waals surface area contributed by atoms with E-state index in [1.54, 1.807) is 0 Å². The first-order chi connectivity index (χ1) is 10.2. The Kier molecular flexibility index (Phi) is 4.26. The van der Waals surface area contributed by atoms with Crippen LogP contribution in [0.1, 0.15) is 29.9 Å². The number of benzene rings is 2. The molecule has 2 nitrogen and oxygen atoms in total. The summed E-state index contributed by atoms with van der Waals surface area (Å²) in [5, 5.41) is 0.665. The summed E-state index contributed by atoms with van der Waals surface area (Å²) in [4.78, 5) is 12.3. The average molecular weight is 301 g/mol. The molecule has 1 aliphatic heterocycles. The molecular weight excluding hydrogens is 284 g/mol. The lowest BCUT2D eigenvalue weighted by molar-refractivity contribution is -0.118. The minimum Gasteiger partial charge on any atom is -0.493 e. The smallest absolute Gasteiger partial charge is 0.137 e. The Labute approximate surface area is 129 Å². The molecule has 0 aliphatic carbocycles. The Hall–Kier alpha value is -1.80. The van der Waals surface area contributed by atoms with Crippen LogP contribution in [-0.4, -0.2) is 12.4 Å². The number of hydrogen-bond donors (Lipinski definition) is 0. The van der Waals surface area contributed by atoms with E-state index in [0.717, 1.165) is 23.3 Å². The van der Waals surface area contributed by atoms with Gasteiger partial charge in [-0.3, -0.25) is 4.79 Å². The summed E-state index contributed by atoms with van der Waals surface area (Å²) in [5.74, 6) is 1.40. The van der Waals surface area contributed by atoms with E-state index in [0.29, 0.717) is 24.5 Å². The number of hydrogen-bond acceptors (Lipinski definition) is 2. The number of ether oxygens (including phenoxy) is 1. The SMILES string of the molecule is O=C(Cc1ccccc1Cl)CC1CCOc2ccccc21. The standard InChI is InChI=1S/C18H17ClO2/c19-17-7-3-1-5-14(17)12-15(20)11-13-9-10-21-18-8-4-2-6-16(13)18/h1-8,13H,9-12H2. The summed E-state index contributed by atoms with van der Waals surface area (Å²) >= 11 is 6.12. The van der Waals surface area contributed by atoms with Crippen LogP contribution in [0.25, 0.3) is 0 Å². The van der Waals surface area contributed by atoms with E-state index in [1.165, 1.54) is 0 Å². The number of halogens is 1. The van der Waals surface area contributed by atoms with Gasteiger partial charge in [0, 0.05) is 17.9 Å². The number of fused-ring (bicyclic) bond motifs is 1. The second-order valence-electron chi connectivity index (χ2n) is 5.38. The van der Waals surface area contributed by atoms with Crippen molar-refractivity contribution < 1.29 is 9.53 Å². The van der Waals surface area contributed by atoms with E-state index in [9.17, 15) is 4.79 Å². The van der Waals surface area contributed by atoms with Gasteiger partial charge in [-0.25, -0.2) is 0 Å². The van der Waals surface area contributed by atoms with Crippen molar-refractivity contribution in [3.05, 3.63) is 64.7 Å². The van der Waals surface area contributed by atoms with Crippen molar-refractivity contribution in [3.8, 4) is 5.75 Å². The minimum atomic E-state index is 0.227. The van der Waals surface area contributed by atoms with Crippen LogP contribution in [0.15, 0.2) is 48.5 Å². The van der Waals surface area contributed by atoms with Gasteiger partial charge in [-0.2, -0.15) is 0 Å². The maximum absolute atomic E-state index is 12.3. The average Bonchev–Trinajstić information content (AvgIpc) is 2.50. The Balaban J connectivity index is 1.70. The van der Waals surface area contributed by atoms with Gasteiger partial charge in [0.2, 0.25) is 0 Å². The second kappa shape index (κ2) is 6.31. The Morgan fingerprint density at radius 2 is 1.90 bits per heavy atom. The summed E-state index contributed by atoms with van der Waals surface area (Å²) in [7, 11) is 0. The highest BCUT2D eigenvalue weighted by molar-refractivity contribution is 6.31. The number of carbonyl (C=O) groups is 1. The van der Waals surface area contributed by atoms with Crippen molar-refractivity contribution in [2.75, 3.05) is 6.61 Å². The summed E-state index contributed by atoms with van der Waals surface area (Å²) in [6.45, 7) is 0.682. The molecule has 0 spiro atoms. The van der Waals surface area contributed by atoms with Crippen LogP contribution in [-0.2, 0) is 11.2 Å². The van der Waals surface area contributed by atoms with Crippen molar-refractivity contribution in [2.24, 2.45) is 0 Å². The first-order valence-electron chi connectivity index (χ1n) is 7.21. The molecule has 108 valence electrons. The molecule has 2 aromatic rings. The lowest BCUT2D eigenvalue weighted by Crippen LogP contribution is -2.18. The highest BCUT2D eigenvalue weighted by Crippen LogP contribution is 2.35. The van der Waals surface area contributed by atoms with Crippen LogP contribution in [0, 0.1) is 0 Å². The number of rotatable bonds is 4. The predicted molar refractivity (Wildman–Crippen MR) is 84.1 cm³/mol. The molecule has 0 fully saturated rings. The first kappa shape index (κ1) is 14.2. The van der Waals surface area contributed by atoms with Crippen LogP contribution in [0.5, 0.6) is 5.75 Å². The molecule has 1 heterocycles. The molecule has 1 aliphatic rings. The molecule has 1 unspecified atom stereocenters. The van der Waals surface area contributed by atoms with E-state index in [2.05, 4.69) is 6.07 Å². The van der Waals surface area contributed by atoms with Crippen molar-refractivity contribution in [1.82, 2.24) is 0 Å². The maximum Gasteiger partial charge on any atom is 0.137 e. The Morgan fingerprint density at radius 3 is 2.76 bits per heavy atom. The normalized spacial score (nSPS) is 16.9. The molecular formula is C18H17ClO2. The van der Waals surface area contributed by atoms with E-state index >= 15 is 0 Å². The fraction of sp³-hybridized carbons (Fsp3) is 0.278. The van der Waals surface area contributed by atoms with Gasteiger partial charge >= 0.3 is 0 Å². The van der Waals surface area contributed by atoms with Crippen molar-refractivity contribution >= 4 is 17.4 Å². The maximum atomic E-state index is 12.3. The lowest BCUT2D eigenvalue weighted by atomic mass is 9.87. The summed E-state index contributed by atoms with van der Waals surface area (Å²) in [5.41, 5.74) is 2.06. The van der Waals surface area contributed by atoms with Gasteiger partial charge in [-0.1, -0.05) is 48.0 Å². The monoisotopic (exact) mass is 300 g/mol. The molecule has 2 aromatic carbocycles. The van der Waals surface area contributed by atoms with Crippen molar-refractivity contribution in [1.29, 1.82) is 0 Å². The highest BCUT2D eigenvalue weighted by atomic mass is 35.5. The molecule has 0 aromatic heterocycles. The molecule has 3 rings (SSSR count). The zero-order chi connectivity index (χ0) is 14.7. The Bertz CT molecular complexity index is 651. The topological polar surface area (TPSA) is 26.3 Å². The van der Waals surface area contributed by atoms with E-state index in [-0.39, 0.29) is 11.7 Å². The number of Topliss-reactive ketones (excluding diaryl/α,β-unsaturated/α-hetero) is 1. The van der Waals surface area contributed by atoms with Crippen LogP contribution in [0.3, 0.4) is 0 Å². The molecule has 0 saturated carbocycles. The fourth-order valence-electron chi connectivity index (χ4n) is 2.83. The fourth-order valence-corrected chi connectivity index (χ4v) is 3.03. The van der Waals surface area contributed by atoms with Gasteiger partial charge in [-0.15, -0.1) is 0 Å². The summed E-state index contributed by atoms with van der Waals surface area (Å²) in [6.07, 6.45) is 1.84. The molecule has 0 saturated heterocycles. The second-order valence-corrected chi connectivity index (χ2v) is 5.79. The molecule has 0 N–H and O–H groups in total. The van der Waals surface area contributed by atoms with Gasteiger partial charge in [-0.05, 0) is 35.6 Å². The number of ketones is 1. The van der Waals surface area contributed by atoms with Gasteiger partial charge in [0.25, 0.3) is 0 Å². The molecule has 0 amide bonds. The van der Waals surface area contributed by atoms with E-state index in [1.807, 2.05) is 42.5 Å². The van der Waals surface area contributed by atoms with E-state index < -0.39 is 0 Å². The van der Waals surface area contributed by atoms with Crippen molar-refractivity contribution in [3.63, 3.8) is 0 Å². The quantitative estimate of drug-likeness (QED) is 0.836. The zero-order valence-corrected chi connectivity index (χ0v) is 12.5. The minimum absolute atomic E-state index is 0.227. The van der Waals surface area contributed by atoms with Crippen LogP contribution >= 0.6 is 11.6 Å². The summed E-state index contributed by atoms with van der Waals surface area (Å²) in [6, 6.07) is 15.5. The third-order valence-corrected chi connectivity index (χ3v) is 4.27. The molecule has 3 heteroatoms. The van der Waals surface area contributed by atoms with Crippen molar-refractivity contribution in [2.45, 2.75) is 25.2 Å². The highest BCUT2D eigenvalue weighted by Gasteiger charge is 2.23. The largest absolute Gasteiger partial charge is 0.493 e. The third-order valence-electron chi connectivity index (χ3n) is 3.90. The third kappa shape index (κ3) is 3.27. The Morgan fingerprint density at radius 1 is 1.14 bits per heavy atom. The predicted octanol–water partition coefficient (Wildman–Crippen LogP) is 4.41. The number of para-hydroxylation sites is 1. The molecule has 0 bridgehead atoms. The zero-order valence-electron chi connectivity index (χ0n) is 11.7. The molecule has 1 atom stereocenters. The molecule has 21 heavy (non-hydrogen) atoms. The van der Waals surface area contributed by atoms with Gasteiger partial charge in [0.05, 0.1) is 6.61 Å². The van der Waals surface area contributed by atoms with Gasteiger partial charge < -0.3 is 4.74 Å². The van der Waals surface area contributed by atoms with Gasteiger partial charge in [0.1, 0.15) is 11.5 Å². The first-order valence-corrected chi connectivity index (χ1v) is 7.58. The van der Waals surface area contributed by atoms with Gasteiger partial charge in [0.15, 0.2) is 0 Å². The van der Waals surface area contributed by atoms with E-state index in [4.69, 9.17) is 16.3 Å². The van der Waals surface area contributed by atoms with Crippen LogP contribution in [0.2, 0.25) is 5.02 Å². The van der Waals surface area contributed by atoms with Crippen LogP contribution < -0.4 is 4.74 Å².